The summed E-state index contributed by atoms with van der Waals surface area (Å²) >= 11 is 0. The van der Waals surface area contributed by atoms with Crippen molar-refractivity contribution in [2.45, 2.75) is 63.8 Å². The molecule has 1 N–H and O–H groups in total. The highest BCUT2D eigenvalue weighted by molar-refractivity contribution is 4.72. The maximum Gasteiger partial charge on any atom is 0.0478 e. The van der Waals surface area contributed by atoms with Crippen LogP contribution >= 0.6 is 0 Å². The Hall–Kier alpha value is -0.0800. The molecular weight excluding hydrogens is 198 g/mol. The first kappa shape index (κ1) is 12.4. The van der Waals surface area contributed by atoms with E-state index in [1.807, 2.05) is 0 Å². The van der Waals surface area contributed by atoms with Gasteiger partial charge in [-0.05, 0) is 38.1 Å². The van der Waals surface area contributed by atoms with Crippen molar-refractivity contribution in [1.82, 2.24) is 5.32 Å². The van der Waals surface area contributed by atoms with Gasteiger partial charge < -0.3 is 10.1 Å². The van der Waals surface area contributed by atoms with Gasteiger partial charge >= 0.3 is 0 Å². The third kappa shape index (κ3) is 5.31. The number of nitrogens with one attached hydrogen (secondary N) is 1. The molecule has 2 aliphatic carbocycles. The van der Waals surface area contributed by atoms with Crippen LogP contribution in [0.1, 0.15) is 57.8 Å². The molecule has 0 spiro atoms. The summed E-state index contributed by atoms with van der Waals surface area (Å²) in [6.07, 6.45) is 12.5. The molecule has 0 saturated heterocycles. The van der Waals surface area contributed by atoms with Gasteiger partial charge in [-0.1, -0.05) is 32.1 Å². The molecule has 2 aliphatic rings. The van der Waals surface area contributed by atoms with Crippen LogP contribution in [-0.2, 0) is 4.74 Å². The van der Waals surface area contributed by atoms with Crippen LogP contribution in [0.5, 0.6) is 0 Å². The Morgan fingerprint density at radius 2 is 1.75 bits per heavy atom. The van der Waals surface area contributed by atoms with Crippen molar-refractivity contribution in [3.63, 3.8) is 0 Å². The Bertz CT molecular complexity index is 174. The third-order valence-corrected chi connectivity index (χ3v) is 3.87. The van der Waals surface area contributed by atoms with Crippen LogP contribution in [0.25, 0.3) is 0 Å². The maximum absolute atomic E-state index is 5.63. The van der Waals surface area contributed by atoms with E-state index in [0.29, 0.717) is 0 Å². The van der Waals surface area contributed by atoms with E-state index in [1.54, 1.807) is 0 Å². The number of hydrogen-bond acceptors (Lipinski definition) is 2. The molecule has 0 aliphatic heterocycles. The van der Waals surface area contributed by atoms with Gasteiger partial charge in [-0.15, -0.1) is 0 Å². The molecule has 0 aromatic rings. The Balaban J connectivity index is 1.33. The van der Waals surface area contributed by atoms with E-state index in [9.17, 15) is 0 Å². The van der Waals surface area contributed by atoms with Gasteiger partial charge in [0.25, 0.3) is 0 Å². The van der Waals surface area contributed by atoms with E-state index < -0.39 is 0 Å². The molecule has 2 saturated carbocycles. The first-order valence-electron chi connectivity index (χ1n) is 7.26. The molecule has 0 bridgehead atoms. The predicted octanol–water partition coefficient (Wildman–Crippen LogP) is 3.12. The second-order valence-electron chi connectivity index (χ2n) is 5.49. The summed E-state index contributed by atoms with van der Waals surface area (Å²) < 4.78 is 5.63. The molecule has 0 radical (unpaired) electrons. The largest absolute Gasteiger partial charge is 0.381 e. The molecule has 0 amide bonds. The number of hydrogen-bond donors (Lipinski definition) is 1. The van der Waals surface area contributed by atoms with Crippen molar-refractivity contribution >= 4 is 0 Å². The summed E-state index contributed by atoms with van der Waals surface area (Å²) in [4.78, 5) is 0. The van der Waals surface area contributed by atoms with Gasteiger partial charge in [-0.3, -0.25) is 0 Å². The fourth-order valence-corrected chi connectivity index (χ4v) is 2.55. The molecule has 2 nitrogen and oxygen atoms in total. The monoisotopic (exact) mass is 225 g/mol. The molecule has 0 aromatic heterocycles. The summed E-state index contributed by atoms with van der Waals surface area (Å²) in [7, 11) is 0. The van der Waals surface area contributed by atoms with E-state index in [-0.39, 0.29) is 0 Å². The Morgan fingerprint density at radius 1 is 0.938 bits per heavy atom. The van der Waals surface area contributed by atoms with Crippen molar-refractivity contribution in [2.75, 3.05) is 19.8 Å². The molecule has 2 heteroatoms. The van der Waals surface area contributed by atoms with Crippen LogP contribution in [0.4, 0.5) is 0 Å². The highest BCUT2D eigenvalue weighted by atomic mass is 16.5. The normalized spacial score (nSPS) is 22.5. The Morgan fingerprint density at radius 3 is 2.50 bits per heavy atom. The second-order valence-corrected chi connectivity index (χ2v) is 5.49. The van der Waals surface area contributed by atoms with Gasteiger partial charge in [0, 0.05) is 19.3 Å². The standard InChI is InChI=1S/C14H27NO/c1-2-5-14(6-3-1)15-10-4-11-16-12-9-13-7-8-13/h13-15H,1-12H2. The molecular formula is C14H27NO. The second kappa shape index (κ2) is 7.29. The van der Waals surface area contributed by atoms with Crippen LogP contribution in [0, 0.1) is 5.92 Å². The van der Waals surface area contributed by atoms with Gasteiger partial charge in [0.15, 0.2) is 0 Å². The zero-order valence-electron chi connectivity index (χ0n) is 10.5. The van der Waals surface area contributed by atoms with Crippen molar-refractivity contribution in [1.29, 1.82) is 0 Å². The zero-order chi connectivity index (χ0) is 11.1. The molecule has 2 rings (SSSR count). The zero-order valence-corrected chi connectivity index (χ0v) is 10.5. The van der Waals surface area contributed by atoms with Crippen molar-refractivity contribution in [3.8, 4) is 0 Å². The lowest BCUT2D eigenvalue weighted by atomic mass is 9.95. The van der Waals surface area contributed by atoms with E-state index in [2.05, 4.69) is 5.32 Å². The maximum atomic E-state index is 5.63. The minimum absolute atomic E-state index is 0.806. The van der Waals surface area contributed by atoms with E-state index in [4.69, 9.17) is 4.74 Å². The van der Waals surface area contributed by atoms with Crippen molar-refractivity contribution in [2.24, 2.45) is 5.92 Å². The average Bonchev–Trinajstić information content (AvgIpc) is 3.13. The van der Waals surface area contributed by atoms with Crippen LogP contribution in [0.15, 0.2) is 0 Å². The highest BCUT2D eigenvalue weighted by Crippen LogP contribution is 2.32. The Kier molecular flexibility index (Phi) is 5.64. The third-order valence-electron chi connectivity index (χ3n) is 3.87. The van der Waals surface area contributed by atoms with Gasteiger partial charge in [0.1, 0.15) is 0 Å². The van der Waals surface area contributed by atoms with Crippen LogP contribution < -0.4 is 5.32 Å². The van der Waals surface area contributed by atoms with E-state index >= 15 is 0 Å². The fraction of sp³-hybridized carbons (Fsp3) is 1.00. The van der Waals surface area contributed by atoms with Gasteiger partial charge in [0.05, 0.1) is 0 Å². The molecule has 0 heterocycles. The summed E-state index contributed by atoms with van der Waals surface area (Å²) in [6.45, 7) is 3.09. The first-order chi connectivity index (χ1) is 7.95. The Labute approximate surface area is 100 Å². The highest BCUT2D eigenvalue weighted by Gasteiger charge is 2.20. The summed E-state index contributed by atoms with van der Waals surface area (Å²) in [5, 5.41) is 3.65. The smallest absolute Gasteiger partial charge is 0.0478 e. The quantitative estimate of drug-likeness (QED) is 0.641. The number of ether oxygens (including phenoxy) is 1. The average molecular weight is 225 g/mol. The number of rotatable bonds is 8. The SMILES string of the molecule is C1CCC(NCCCOCCC2CC2)CC1. The minimum atomic E-state index is 0.806. The van der Waals surface area contributed by atoms with Gasteiger partial charge in [-0.2, -0.15) is 0 Å². The summed E-state index contributed by atoms with van der Waals surface area (Å²) in [5.41, 5.74) is 0. The molecule has 16 heavy (non-hydrogen) atoms. The molecule has 94 valence electrons. The topological polar surface area (TPSA) is 21.3 Å². The van der Waals surface area contributed by atoms with Gasteiger partial charge in [-0.25, -0.2) is 0 Å². The van der Waals surface area contributed by atoms with Gasteiger partial charge in [0.2, 0.25) is 0 Å². The lowest BCUT2D eigenvalue weighted by Crippen LogP contribution is -2.32. The van der Waals surface area contributed by atoms with Crippen LogP contribution in [0.2, 0.25) is 0 Å². The first-order valence-corrected chi connectivity index (χ1v) is 7.26. The molecule has 2 fully saturated rings. The molecule has 0 unspecified atom stereocenters. The fourth-order valence-electron chi connectivity index (χ4n) is 2.55. The van der Waals surface area contributed by atoms with Crippen molar-refractivity contribution < 1.29 is 4.74 Å². The summed E-state index contributed by atoms with van der Waals surface area (Å²) in [6, 6.07) is 0.806. The van der Waals surface area contributed by atoms with Crippen LogP contribution in [0.3, 0.4) is 0 Å². The van der Waals surface area contributed by atoms with E-state index in [1.165, 1.54) is 57.8 Å². The lowest BCUT2D eigenvalue weighted by Gasteiger charge is -2.22. The minimum Gasteiger partial charge on any atom is -0.381 e. The van der Waals surface area contributed by atoms with Crippen molar-refractivity contribution in [3.05, 3.63) is 0 Å². The molecule has 0 aromatic carbocycles. The molecule has 0 atom stereocenters. The van der Waals surface area contributed by atoms with E-state index in [0.717, 1.165) is 31.7 Å². The van der Waals surface area contributed by atoms with Crippen LogP contribution in [-0.4, -0.2) is 25.8 Å². The lowest BCUT2D eigenvalue weighted by molar-refractivity contribution is 0.125. The summed E-state index contributed by atoms with van der Waals surface area (Å²) in [5.74, 6) is 1.01. The predicted molar refractivity (Wildman–Crippen MR) is 67.7 cm³/mol.